The Labute approximate surface area is 131 Å². The van der Waals surface area contributed by atoms with Gasteiger partial charge in [0.25, 0.3) is 0 Å². The SMILES string of the molecule is O=C1CCC2(CCN1)CCN(S(=O)(=O)c1cccnc1)CC2. The van der Waals surface area contributed by atoms with Crippen molar-refractivity contribution in [1.29, 1.82) is 0 Å². The highest BCUT2D eigenvalue weighted by Crippen LogP contribution is 2.41. The quantitative estimate of drug-likeness (QED) is 0.885. The summed E-state index contributed by atoms with van der Waals surface area (Å²) in [5.74, 6) is 0.113. The zero-order chi connectivity index (χ0) is 15.6. The van der Waals surface area contributed by atoms with E-state index in [2.05, 4.69) is 10.3 Å². The van der Waals surface area contributed by atoms with Crippen LogP contribution in [-0.4, -0.2) is 43.2 Å². The highest BCUT2D eigenvalue weighted by molar-refractivity contribution is 7.89. The molecule has 3 rings (SSSR count). The third-order valence-corrected chi connectivity index (χ3v) is 6.80. The molecule has 3 heterocycles. The second kappa shape index (κ2) is 5.96. The summed E-state index contributed by atoms with van der Waals surface area (Å²) in [6.45, 7) is 1.74. The number of aromatic nitrogens is 1. The van der Waals surface area contributed by atoms with Gasteiger partial charge in [-0.15, -0.1) is 0 Å². The predicted molar refractivity (Wildman–Crippen MR) is 81.5 cm³/mol. The van der Waals surface area contributed by atoms with Gasteiger partial charge in [0, 0.05) is 38.4 Å². The first-order valence-corrected chi connectivity index (χ1v) is 9.13. The van der Waals surface area contributed by atoms with Crippen LogP contribution in [0.1, 0.15) is 32.1 Å². The van der Waals surface area contributed by atoms with Gasteiger partial charge in [0.2, 0.25) is 15.9 Å². The van der Waals surface area contributed by atoms with Gasteiger partial charge in [0.1, 0.15) is 4.90 Å². The molecule has 6 nitrogen and oxygen atoms in total. The minimum Gasteiger partial charge on any atom is -0.356 e. The first-order valence-electron chi connectivity index (χ1n) is 7.69. The highest BCUT2D eigenvalue weighted by atomic mass is 32.2. The summed E-state index contributed by atoms with van der Waals surface area (Å²) in [6, 6.07) is 3.22. The maximum absolute atomic E-state index is 12.6. The van der Waals surface area contributed by atoms with Gasteiger partial charge in [-0.05, 0) is 43.2 Å². The molecule has 1 spiro atoms. The fourth-order valence-corrected chi connectivity index (χ4v) is 4.81. The van der Waals surface area contributed by atoms with Crippen molar-refractivity contribution >= 4 is 15.9 Å². The Hall–Kier alpha value is -1.47. The lowest BCUT2D eigenvalue weighted by Crippen LogP contribution is -2.43. The van der Waals surface area contributed by atoms with E-state index >= 15 is 0 Å². The minimum absolute atomic E-state index is 0.111. The summed E-state index contributed by atoms with van der Waals surface area (Å²) in [5, 5.41) is 2.90. The van der Waals surface area contributed by atoms with Gasteiger partial charge in [0.15, 0.2) is 0 Å². The molecule has 7 heteroatoms. The van der Waals surface area contributed by atoms with Gasteiger partial charge in [0.05, 0.1) is 0 Å². The second-order valence-electron chi connectivity index (χ2n) is 6.19. The van der Waals surface area contributed by atoms with E-state index in [1.807, 2.05) is 0 Å². The molecule has 0 saturated carbocycles. The normalized spacial score (nSPS) is 23.0. The Morgan fingerprint density at radius 2 is 1.95 bits per heavy atom. The van der Waals surface area contributed by atoms with Crippen LogP contribution in [0, 0.1) is 5.41 Å². The number of hydrogen-bond donors (Lipinski definition) is 1. The second-order valence-corrected chi connectivity index (χ2v) is 8.13. The van der Waals surface area contributed by atoms with E-state index in [0.29, 0.717) is 26.1 Å². The van der Waals surface area contributed by atoms with Crippen LogP contribution < -0.4 is 5.32 Å². The van der Waals surface area contributed by atoms with Crippen molar-refractivity contribution in [3.63, 3.8) is 0 Å². The zero-order valence-electron chi connectivity index (χ0n) is 12.5. The molecule has 0 atom stereocenters. The van der Waals surface area contributed by atoms with Gasteiger partial charge >= 0.3 is 0 Å². The fraction of sp³-hybridized carbons (Fsp3) is 0.600. The number of amides is 1. The standard InChI is InChI=1S/C15H21N3O3S/c19-14-3-4-15(5-9-17-14)6-10-18(11-7-15)22(20,21)13-2-1-8-16-12-13/h1-2,8,12H,3-7,9-11H2,(H,17,19). The summed E-state index contributed by atoms with van der Waals surface area (Å²) in [7, 11) is -3.45. The molecule has 2 saturated heterocycles. The van der Waals surface area contributed by atoms with Crippen LogP contribution in [0.3, 0.4) is 0 Å². The number of nitrogens with one attached hydrogen (secondary N) is 1. The van der Waals surface area contributed by atoms with Crippen LogP contribution in [0.5, 0.6) is 0 Å². The molecule has 2 aliphatic heterocycles. The zero-order valence-corrected chi connectivity index (χ0v) is 13.3. The van der Waals surface area contributed by atoms with Crippen LogP contribution in [0.4, 0.5) is 0 Å². The Balaban J connectivity index is 1.70. The highest BCUT2D eigenvalue weighted by Gasteiger charge is 2.39. The molecule has 0 bridgehead atoms. The van der Waals surface area contributed by atoms with Gasteiger partial charge in [-0.3, -0.25) is 9.78 Å². The summed E-state index contributed by atoms with van der Waals surface area (Å²) in [5.41, 5.74) is 0.111. The van der Waals surface area contributed by atoms with Crippen molar-refractivity contribution < 1.29 is 13.2 Å². The van der Waals surface area contributed by atoms with Crippen LogP contribution in [0.25, 0.3) is 0 Å². The van der Waals surface area contributed by atoms with Crippen LogP contribution >= 0.6 is 0 Å². The van der Waals surface area contributed by atoms with Gasteiger partial charge in [-0.25, -0.2) is 8.42 Å². The number of hydrogen-bond acceptors (Lipinski definition) is 4. The molecule has 0 aliphatic carbocycles. The van der Waals surface area contributed by atoms with Crippen molar-refractivity contribution in [2.75, 3.05) is 19.6 Å². The lowest BCUT2D eigenvalue weighted by molar-refractivity contribution is -0.120. The molecule has 0 aromatic carbocycles. The molecule has 1 amide bonds. The Bertz CT molecular complexity index is 637. The fourth-order valence-electron chi connectivity index (χ4n) is 3.41. The first kappa shape index (κ1) is 15.4. The number of carbonyl (C=O) groups excluding carboxylic acids is 1. The predicted octanol–water partition coefficient (Wildman–Crippen LogP) is 1.15. The molecule has 22 heavy (non-hydrogen) atoms. The van der Waals surface area contributed by atoms with E-state index < -0.39 is 10.0 Å². The lowest BCUT2D eigenvalue weighted by atomic mass is 9.73. The average Bonchev–Trinajstić information content (AvgIpc) is 2.71. The number of carbonyl (C=O) groups is 1. The molecule has 2 aliphatic rings. The van der Waals surface area contributed by atoms with Crippen LogP contribution in [0.2, 0.25) is 0 Å². The summed E-state index contributed by atoms with van der Waals surface area (Å²) in [4.78, 5) is 15.6. The monoisotopic (exact) mass is 323 g/mol. The molecule has 1 aromatic rings. The maximum atomic E-state index is 12.6. The third-order valence-electron chi connectivity index (χ3n) is 4.92. The largest absolute Gasteiger partial charge is 0.356 e. The summed E-state index contributed by atoms with van der Waals surface area (Å²) < 4.78 is 26.7. The van der Waals surface area contributed by atoms with Crippen molar-refractivity contribution in [1.82, 2.24) is 14.6 Å². The summed E-state index contributed by atoms with van der Waals surface area (Å²) in [6.07, 6.45) is 6.96. The minimum atomic E-state index is -3.45. The number of piperidine rings is 1. The molecular weight excluding hydrogens is 302 g/mol. The van der Waals surface area contributed by atoms with Crippen LogP contribution in [-0.2, 0) is 14.8 Å². The number of nitrogens with zero attached hydrogens (tertiary/aromatic N) is 2. The molecular formula is C15H21N3O3S. The maximum Gasteiger partial charge on any atom is 0.244 e. The van der Waals surface area contributed by atoms with E-state index in [1.165, 1.54) is 6.20 Å². The van der Waals surface area contributed by atoms with Gasteiger partial charge in [-0.1, -0.05) is 0 Å². The molecule has 120 valence electrons. The molecule has 1 aromatic heterocycles. The molecule has 0 radical (unpaired) electrons. The van der Waals surface area contributed by atoms with E-state index in [1.54, 1.807) is 22.6 Å². The first-order chi connectivity index (χ1) is 10.5. The topological polar surface area (TPSA) is 79.4 Å². The van der Waals surface area contributed by atoms with Gasteiger partial charge in [-0.2, -0.15) is 4.31 Å². The lowest BCUT2D eigenvalue weighted by Gasteiger charge is -2.40. The average molecular weight is 323 g/mol. The van der Waals surface area contributed by atoms with Crippen molar-refractivity contribution in [3.8, 4) is 0 Å². The Morgan fingerprint density at radius 1 is 1.18 bits per heavy atom. The smallest absolute Gasteiger partial charge is 0.244 e. The Kier molecular flexibility index (Phi) is 4.18. The number of rotatable bonds is 2. The number of pyridine rings is 1. The summed E-state index contributed by atoms with van der Waals surface area (Å²) >= 11 is 0. The third kappa shape index (κ3) is 3.01. The van der Waals surface area contributed by atoms with E-state index in [9.17, 15) is 13.2 Å². The Morgan fingerprint density at radius 3 is 2.64 bits per heavy atom. The van der Waals surface area contributed by atoms with Crippen molar-refractivity contribution in [3.05, 3.63) is 24.5 Å². The van der Waals surface area contributed by atoms with Gasteiger partial charge < -0.3 is 5.32 Å². The molecule has 1 N–H and O–H groups in total. The van der Waals surface area contributed by atoms with Crippen molar-refractivity contribution in [2.24, 2.45) is 5.41 Å². The molecule has 2 fully saturated rings. The number of sulfonamides is 1. The molecule has 0 unspecified atom stereocenters. The van der Waals surface area contributed by atoms with E-state index in [4.69, 9.17) is 0 Å². The van der Waals surface area contributed by atoms with E-state index in [0.717, 1.165) is 25.7 Å². The van der Waals surface area contributed by atoms with E-state index in [-0.39, 0.29) is 16.2 Å². The van der Waals surface area contributed by atoms with Crippen molar-refractivity contribution in [2.45, 2.75) is 37.0 Å². The van der Waals surface area contributed by atoms with Crippen LogP contribution in [0.15, 0.2) is 29.4 Å².